The quantitative estimate of drug-likeness (QED) is 0.232. The molecule has 0 aromatic heterocycles. The Labute approximate surface area is 281 Å². The summed E-state index contributed by atoms with van der Waals surface area (Å²) in [4.78, 5) is 14.3. The number of sulfonamides is 1. The second kappa shape index (κ2) is 12.6. The summed E-state index contributed by atoms with van der Waals surface area (Å²) < 4.78 is 58.2. The minimum atomic E-state index is -3.66. The van der Waals surface area contributed by atoms with Crippen LogP contribution in [0.3, 0.4) is 0 Å². The molecule has 1 aliphatic heterocycles. The van der Waals surface area contributed by atoms with Crippen LogP contribution in [0.25, 0.3) is 0 Å². The molecule has 1 heterocycles. The van der Waals surface area contributed by atoms with E-state index in [1.165, 1.54) is 0 Å². The first-order valence-electron chi connectivity index (χ1n) is 16.3. The Morgan fingerprint density at radius 2 is 1.96 bits per heavy atom. The summed E-state index contributed by atoms with van der Waals surface area (Å²) in [6.07, 6.45) is 6.65. The highest BCUT2D eigenvalue weighted by Crippen LogP contribution is 2.54. The highest BCUT2D eigenvalue weighted by Gasteiger charge is 2.54. The van der Waals surface area contributed by atoms with Gasteiger partial charge in [-0.2, -0.15) is 0 Å². The summed E-state index contributed by atoms with van der Waals surface area (Å²) in [7, 11) is -0.377. The van der Waals surface area contributed by atoms with Crippen molar-refractivity contribution in [3.05, 3.63) is 69.5 Å². The number of rotatable bonds is 10. The molecule has 0 bridgehead atoms. The van der Waals surface area contributed by atoms with E-state index in [0.29, 0.717) is 49.5 Å². The SMILES string of the molecule is COC(OC)(C1=C[C@H]([C@H](C)[C@@H](C)S(N)(=O)=O)C1)[C@@H]1CC[C@H]1CN1C[C@@]2(CCCc3c2ccc(Cl)c3F)COc2ccc(C(=O)O)cc21. The number of methoxy groups -OCH3 is 2. The molecule has 1 fully saturated rings. The van der Waals surface area contributed by atoms with E-state index in [2.05, 4.69) is 11.0 Å². The van der Waals surface area contributed by atoms with Crippen LogP contribution in [-0.2, 0) is 31.3 Å². The molecule has 2 aromatic carbocycles. The third kappa shape index (κ3) is 5.86. The standard InChI is InChI=1S/C35H44ClFN2O7S/c1-20(21(2)47(38,42)43)24-14-25(15-24)35(44-3,45-4)27-9-7-23(27)17-39-18-34(13-5-6-26-28(34)10-11-29(36)32(26)37)19-46-31-12-8-22(33(40)41)16-30(31)39/h8,10-12,14,16,20-21,23-24,27H,5-7,9,13,15,17-19H2,1-4H3,(H,40,41)(H2,38,42,43)/t20-,21-,23+,24+,27-,34+/m1/s1. The highest BCUT2D eigenvalue weighted by atomic mass is 35.5. The lowest BCUT2D eigenvalue weighted by molar-refractivity contribution is -0.245. The molecular formula is C35H44ClFN2O7S. The van der Waals surface area contributed by atoms with Crippen LogP contribution >= 0.6 is 11.6 Å². The molecule has 0 amide bonds. The molecule has 2 aromatic rings. The van der Waals surface area contributed by atoms with E-state index in [1.807, 2.05) is 13.0 Å². The number of fused-ring (bicyclic) bond motifs is 3. The number of primary sulfonamides is 1. The first-order valence-corrected chi connectivity index (χ1v) is 18.3. The van der Waals surface area contributed by atoms with Gasteiger partial charge in [0.2, 0.25) is 10.0 Å². The number of benzene rings is 2. The third-order valence-electron chi connectivity index (χ3n) is 11.6. The fraction of sp³-hybridized carbons (Fsp3) is 0.571. The first kappa shape index (κ1) is 34.2. The molecule has 1 spiro atoms. The largest absolute Gasteiger partial charge is 0.490 e. The molecule has 256 valence electrons. The average Bonchev–Trinajstić information content (AvgIpc) is 3.15. The van der Waals surface area contributed by atoms with Crippen molar-refractivity contribution in [3.63, 3.8) is 0 Å². The third-order valence-corrected chi connectivity index (χ3v) is 13.4. The van der Waals surface area contributed by atoms with Gasteiger partial charge in [0, 0.05) is 38.6 Å². The molecule has 6 rings (SSSR count). The summed E-state index contributed by atoms with van der Waals surface area (Å²) in [6.45, 7) is 4.98. The minimum absolute atomic E-state index is 0.00297. The number of hydrogen-bond acceptors (Lipinski definition) is 7. The number of aromatic carboxylic acids is 1. The van der Waals surface area contributed by atoms with Crippen LogP contribution in [0.4, 0.5) is 10.1 Å². The number of nitrogens with zero attached hydrogens (tertiary/aromatic N) is 1. The summed E-state index contributed by atoms with van der Waals surface area (Å²) in [5, 5.41) is 14.7. The van der Waals surface area contributed by atoms with Crippen LogP contribution in [-0.4, -0.2) is 64.4 Å². The molecule has 9 nitrogen and oxygen atoms in total. The van der Waals surface area contributed by atoms with Gasteiger partial charge in [0.15, 0.2) is 5.79 Å². The van der Waals surface area contributed by atoms with Gasteiger partial charge >= 0.3 is 5.97 Å². The second-order valence-corrected chi connectivity index (χ2v) is 16.2. The van der Waals surface area contributed by atoms with E-state index in [1.54, 1.807) is 45.4 Å². The van der Waals surface area contributed by atoms with Crippen molar-refractivity contribution in [2.75, 3.05) is 38.8 Å². The zero-order valence-electron chi connectivity index (χ0n) is 27.3. The summed E-state index contributed by atoms with van der Waals surface area (Å²) in [5.74, 6) is -1.80. The fourth-order valence-electron chi connectivity index (χ4n) is 8.46. The van der Waals surface area contributed by atoms with Crippen LogP contribution in [0.1, 0.15) is 67.4 Å². The average molecular weight is 691 g/mol. The molecule has 6 atom stereocenters. The van der Waals surface area contributed by atoms with E-state index in [4.69, 9.17) is 31.0 Å². The predicted octanol–water partition coefficient (Wildman–Crippen LogP) is 5.93. The molecule has 4 aliphatic rings. The molecule has 0 radical (unpaired) electrons. The van der Waals surface area contributed by atoms with Crippen molar-refractivity contribution in [1.29, 1.82) is 0 Å². The van der Waals surface area contributed by atoms with Crippen molar-refractivity contribution in [2.24, 2.45) is 28.8 Å². The maximum Gasteiger partial charge on any atom is 0.335 e. The first-order chi connectivity index (χ1) is 22.2. The van der Waals surface area contributed by atoms with E-state index in [9.17, 15) is 18.3 Å². The second-order valence-electron chi connectivity index (χ2n) is 13.9. The number of carbonyl (C=O) groups is 1. The maximum atomic E-state index is 15.3. The number of nitrogens with two attached hydrogens (primary N) is 1. The number of allylic oxidation sites excluding steroid dienone is 1. The normalized spacial score (nSPS) is 26.9. The minimum Gasteiger partial charge on any atom is -0.490 e. The van der Waals surface area contributed by atoms with Gasteiger partial charge in [-0.1, -0.05) is 30.7 Å². The Hall–Kier alpha value is -2.70. The molecule has 0 saturated heterocycles. The Balaban J connectivity index is 1.33. The van der Waals surface area contributed by atoms with Gasteiger partial charge in [-0.05, 0) is 104 Å². The van der Waals surface area contributed by atoms with Gasteiger partial charge < -0.3 is 24.2 Å². The molecule has 3 aliphatic carbocycles. The van der Waals surface area contributed by atoms with Gasteiger partial charge in [-0.3, -0.25) is 0 Å². The zero-order chi connectivity index (χ0) is 33.9. The van der Waals surface area contributed by atoms with Crippen LogP contribution < -0.4 is 14.8 Å². The van der Waals surface area contributed by atoms with Crippen molar-refractivity contribution < 1.29 is 36.9 Å². The number of carboxylic acid groups (broad SMARTS) is 1. The van der Waals surface area contributed by atoms with Gasteiger partial charge in [-0.15, -0.1) is 0 Å². The van der Waals surface area contributed by atoms with Crippen molar-refractivity contribution in [3.8, 4) is 5.75 Å². The lowest BCUT2D eigenvalue weighted by atomic mass is 9.62. The molecule has 3 N–H and O–H groups in total. The number of halogens is 2. The predicted molar refractivity (Wildman–Crippen MR) is 178 cm³/mol. The number of anilines is 1. The maximum absolute atomic E-state index is 15.3. The van der Waals surface area contributed by atoms with Crippen LogP contribution in [0.2, 0.25) is 5.02 Å². The Bertz CT molecular complexity index is 1700. The highest BCUT2D eigenvalue weighted by molar-refractivity contribution is 7.89. The Morgan fingerprint density at radius 1 is 1.23 bits per heavy atom. The summed E-state index contributed by atoms with van der Waals surface area (Å²) in [6, 6.07) is 8.47. The fourth-order valence-corrected chi connectivity index (χ4v) is 9.44. The molecule has 0 unspecified atom stereocenters. The number of ether oxygens (including phenoxy) is 3. The lowest BCUT2D eigenvalue weighted by Gasteiger charge is -2.53. The van der Waals surface area contributed by atoms with Gasteiger partial charge in [0.1, 0.15) is 11.6 Å². The Morgan fingerprint density at radius 3 is 2.57 bits per heavy atom. The molecule has 1 saturated carbocycles. The van der Waals surface area contributed by atoms with Crippen molar-refractivity contribution in [2.45, 2.75) is 68.8 Å². The van der Waals surface area contributed by atoms with Gasteiger partial charge in [0.05, 0.1) is 28.1 Å². The monoisotopic (exact) mass is 690 g/mol. The molecular weight excluding hydrogens is 647 g/mol. The number of carboxylic acids is 1. The van der Waals surface area contributed by atoms with Gasteiger partial charge in [0.25, 0.3) is 0 Å². The summed E-state index contributed by atoms with van der Waals surface area (Å²) in [5.41, 5.74) is 2.85. The van der Waals surface area contributed by atoms with E-state index >= 15 is 4.39 Å². The zero-order valence-corrected chi connectivity index (χ0v) is 28.9. The Kier molecular flexibility index (Phi) is 9.19. The van der Waals surface area contributed by atoms with E-state index in [0.717, 1.165) is 36.8 Å². The van der Waals surface area contributed by atoms with Crippen LogP contribution in [0, 0.1) is 29.5 Å². The smallest absolute Gasteiger partial charge is 0.335 e. The summed E-state index contributed by atoms with van der Waals surface area (Å²) >= 11 is 6.21. The lowest BCUT2D eigenvalue weighted by Crippen LogP contribution is -2.56. The van der Waals surface area contributed by atoms with Crippen LogP contribution in [0.15, 0.2) is 42.0 Å². The number of hydrogen-bond donors (Lipinski definition) is 2. The van der Waals surface area contributed by atoms with E-state index < -0.39 is 32.4 Å². The van der Waals surface area contributed by atoms with Crippen molar-refractivity contribution in [1.82, 2.24) is 0 Å². The van der Waals surface area contributed by atoms with Crippen molar-refractivity contribution >= 4 is 33.3 Å². The van der Waals surface area contributed by atoms with Crippen LogP contribution in [0.5, 0.6) is 5.75 Å². The molecule has 47 heavy (non-hydrogen) atoms. The topological polar surface area (TPSA) is 128 Å². The molecule has 12 heteroatoms. The van der Waals surface area contributed by atoms with E-state index in [-0.39, 0.29) is 40.1 Å². The van der Waals surface area contributed by atoms with Gasteiger partial charge in [-0.25, -0.2) is 22.7 Å².